The third-order valence-corrected chi connectivity index (χ3v) is 3.60. The fraction of sp³-hybridized carbons (Fsp3) is 0.364. The van der Waals surface area contributed by atoms with Crippen molar-refractivity contribution < 1.29 is 27.1 Å². The van der Waals surface area contributed by atoms with Gasteiger partial charge in [0.2, 0.25) is 0 Å². The zero-order valence-corrected chi connectivity index (χ0v) is 10.6. The van der Waals surface area contributed by atoms with Gasteiger partial charge in [-0.05, 0) is 18.6 Å². The Labute approximate surface area is 103 Å². The molecule has 1 aromatic rings. The smallest absolute Gasteiger partial charge is 0.306 e. The molecule has 0 heterocycles. The molecule has 0 aliphatic rings. The van der Waals surface area contributed by atoms with E-state index < -0.39 is 50.2 Å². The molecule has 0 spiro atoms. The summed E-state index contributed by atoms with van der Waals surface area (Å²) in [5, 5.41) is 8.69. The van der Waals surface area contributed by atoms with Crippen LogP contribution in [0.15, 0.2) is 17.0 Å². The van der Waals surface area contributed by atoms with E-state index in [-0.39, 0.29) is 0 Å². The summed E-state index contributed by atoms with van der Waals surface area (Å²) in [6, 6.07) is 1.65. The zero-order chi connectivity index (χ0) is 14.1. The number of hydrogen-bond acceptors (Lipinski definition) is 3. The van der Waals surface area contributed by atoms with Crippen LogP contribution in [0.4, 0.5) is 8.78 Å². The van der Waals surface area contributed by atoms with Crippen molar-refractivity contribution in [1.29, 1.82) is 0 Å². The van der Waals surface area contributed by atoms with Gasteiger partial charge in [-0.25, -0.2) is 17.2 Å². The Morgan fingerprint density at radius 3 is 2.39 bits per heavy atom. The predicted molar refractivity (Wildman–Crippen MR) is 60.0 cm³/mol. The quantitative estimate of drug-likeness (QED) is 0.850. The normalized spacial score (nSPS) is 13.3. The Balaban J connectivity index is 3.32. The topological polar surface area (TPSA) is 71.4 Å². The van der Waals surface area contributed by atoms with E-state index in [9.17, 15) is 22.0 Å². The number of carboxylic acid groups (broad SMARTS) is 1. The number of halogens is 2. The number of aliphatic carboxylic acids is 1. The second-order valence-electron chi connectivity index (χ2n) is 4.05. The molecule has 1 atom stereocenters. The van der Waals surface area contributed by atoms with Crippen molar-refractivity contribution in [1.82, 2.24) is 0 Å². The number of benzene rings is 1. The number of sulfone groups is 1. The minimum Gasteiger partial charge on any atom is -0.481 e. The zero-order valence-electron chi connectivity index (χ0n) is 9.78. The third kappa shape index (κ3) is 3.04. The van der Waals surface area contributed by atoms with E-state index >= 15 is 0 Å². The molecule has 0 aliphatic carbocycles. The van der Waals surface area contributed by atoms with Crippen LogP contribution in [-0.4, -0.2) is 25.7 Å². The molecule has 0 bridgehead atoms. The molecule has 0 aliphatic heterocycles. The lowest BCUT2D eigenvalue weighted by Crippen LogP contribution is -2.15. The highest BCUT2D eigenvalue weighted by Gasteiger charge is 2.23. The van der Waals surface area contributed by atoms with Crippen LogP contribution >= 0.6 is 0 Å². The van der Waals surface area contributed by atoms with Crippen molar-refractivity contribution in [3.63, 3.8) is 0 Å². The summed E-state index contributed by atoms with van der Waals surface area (Å²) in [7, 11) is -3.82. The highest BCUT2D eigenvalue weighted by molar-refractivity contribution is 7.90. The summed E-state index contributed by atoms with van der Waals surface area (Å²) >= 11 is 0. The first-order valence-electron chi connectivity index (χ1n) is 5.04. The summed E-state index contributed by atoms with van der Waals surface area (Å²) in [6.45, 7) is 1.29. The SMILES string of the molecule is CC(Cc1c(F)ccc(S(C)(=O)=O)c1F)C(=O)O. The lowest BCUT2D eigenvalue weighted by Gasteiger charge is -2.10. The summed E-state index contributed by atoms with van der Waals surface area (Å²) < 4.78 is 49.8. The van der Waals surface area contributed by atoms with E-state index in [0.29, 0.717) is 0 Å². The largest absolute Gasteiger partial charge is 0.481 e. The molecule has 100 valence electrons. The van der Waals surface area contributed by atoms with Crippen molar-refractivity contribution in [3.8, 4) is 0 Å². The molecule has 7 heteroatoms. The Morgan fingerprint density at radius 2 is 1.94 bits per heavy atom. The van der Waals surface area contributed by atoms with Crippen molar-refractivity contribution >= 4 is 15.8 Å². The molecule has 0 saturated carbocycles. The van der Waals surface area contributed by atoms with Crippen LogP contribution in [0, 0.1) is 17.6 Å². The number of rotatable bonds is 4. The average Bonchev–Trinajstić information content (AvgIpc) is 2.21. The van der Waals surface area contributed by atoms with Crippen LogP contribution in [0.2, 0.25) is 0 Å². The molecule has 0 aromatic heterocycles. The molecule has 0 radical (unpaired) electrons. The van der Waals surface area contributed by atoms with Gasteiger partial charge in [0.15, 0.2) is 9.84 Å². The maximum atomic E-state index is 13.8. The van der Waals surface area contributed by atoms with Crippen LogP contribution in [0.3, 0.4) is 0 Å². The van der Waals surface area contributed by atoms with Crippen molar-refractivity contribution in [2.45, 2.75) is 18.2 Å². The maximum Gasteiger partial charge on any atom is 0.306 e. The van der Waals surface area contributed by atoms with Gasteiger partial charge in [-0.15, -0.1) is 0 Å². The van der Waals surface area contributed by atoms with Crippen molar-refractivity contribution in [3.05, 3.63) is 29.3 Å². The van der Waals surface area contributed by atoms with E-state index in [0.717, 1.165) is 18.4 Å². The molecule has 0 amide bonds. The van der Waals surface area contributed by atoms with Gasteiger partial charge in [0.1, 0.15) is 16.5 Å². The Kier molecular flexibility index (Phi) is 4.05. The van der Waals surface area contributed by atoms with Gasteiger partial charge in [0.05, 0.1) is 5.92 Å². The molecule has 4 nitrogen and oxygen atoms in total. The molecule has 0 saturated heterocycles. The van der Waals surface area contributed by atoms with Gasteiger partial charge in [-0.2, -0.15) is 0 Å². The minimum absolute atomic E-state index is 0.406. The molecular weight excluding hydrogens is 266 g/mol. The predicted octanol–water partition coefficient (Wildman–Crippen LogP) is 1.63. The number of carboxylic acids is 1. The number of carbonyl (C=O) groups is 1. The highest BCUT2D eigenvalue weighted by Crippen LogP contribution is 2.23. The van der Waals surface area contributed by atoms with Crippen LogP contribution < -0.4 is 0 Å². The molecule has 0 fully saturated rings. The summed E-state index contributed by atoms with van der Waals surface area (Å²) in [5.74, 6) is -4.39. The lowest BCUT2D eigenvalue weighted by molar-refractivity contribution is -0.141. The van der Waals surface area contributed by atoms with Crippen molar-refractivity contribution in [2.24, 2.45) is 5.92 Å². The van der Waals surface area contributed by atoms with E-state index in [1.807, 2.05) is 0 Å². The summed E-state index contributed by atoms with van der Waals surface area (Å²) in [5.41, 5.74) is -0.521. The van der Waals surface area contributed by atoms with Crippen LogP contribution in [0.1, 0.15) is 12.5 Å². The molecule has 1 rings (SSSR count). The molecule has 1 unspecified atom stereocenters. The summed E-state index contributed by atoms with van der Waals surface area (Å²) in [4.78, 5) is 10.0. The Bertz CT molecular complexity index is 581. The van der Waals surface area contributed by atoms with Crippen LogP contribution in [-0.2, 0) is 21.1 Å². The van der Waals surface area contributed by atoms with Gasteiger partial charge < -0.3 is 5.11 Å². The van der Waals surface area contributed by atoms with Crippen molar-refractivity contribution in [2.75, 3.05) is 6.26 Å². The highest BCUT2D eigenvalue weighted by atomic mass is 32.2. The second kappa shape index (κ2) is 5.01. The monoisotopic (exact) mass is 278 g/mol. The second-order valence-corrected chi connectivity index (χ2v) is 6.04. The van der Waals surface area contributed by atoms with Gasteiger partial charge in [-0.3, -0.25) is 4.79 Å². The van der Waals surface area contributed by atoms with Gasteiger partial charge in [0, 0.05) is 11.8 Å². The first-order valence-corrected chi connectivity index (χ1v) is 6.93. The number of hydrogen-bond donors (Lipinski definition) is 1. The van der Waals surface area contributed by atoms with E-state index in [1.165, 1.54) is 6.92 Å². The molecule has 18 heavy (non-hydrogen) atoms. The van der Waals surface area contributed by atoms with Gasteiger partial charge >= 0.3 is 5.97 Å². The van der Waals surface area contributed by atoms with E-state index in [2.05, 4.69) is 0 Å². The molecule has 1 aromatic carbocycles. The van der Waals surface area contributed by atoms with E-state index in [1.54, 1.807) is 0 Å². The third-order valence-electron chi connectivity index (χ3n) is 2.48. The van der Waals surface area contributed by atoms with Crippen LogP contribution in [0.5, 0.6) is 0 Å². The standard InChI is InChI=1S/C11H12F2O4S/c1-6(11(14)15)5-7-8(12)3-4-9(10(7)13)18(2,16)17/h3-4,6H,5H2,1-2H3,(H,14,15). The summed E-state index contributed by atoms with van der Waals surface area (Å²) in [6.07, 6.45) is 0.393. The molecule has 1 N–H and O–H groups in total. The lowest BCUT2D eigenvalue weighted by atomic mass is 10.0. The Morgan fingerprint density at radius 1 is 1.39 bits per heavy atom. The first kappa shape index (κ1) is 14.6. The fourth-order valence-corrected chi connectivity index (χ4v) is 2.21. The Hall–Kier alpha value is -1.50. The first-order chi connectivity index (χ1) is 8.14. The molecular formula is C11H12F2O4S. The van der Waals surface area contributed by atoms with Gasteiger partial charge in [-0.1, -0.05) is 6.92 Å². The average molecular weight is 278 g/mol. The van der Waals surface area contributed by atoms with E-state index in [4.69, 9.17) is 5.11 Å². The minimum atomic E-state index is -3.82. The maximum absolute atomic E-state index is 13.8. The van der Waals surface area contributed by atoms with Crippen LogP contribution in [0.25, 0.3) is 0 Å². The fourth-order valence-electron chi connectivity index (χ4n) is 1.44. The van der Waals surface area contributed by atoms with Gasteiger partial charge in [0.25, 0.3) is 0 Å².